The van der Waals surface area contributed by atoms with E-state index in [9.17, 15) is 9.90 Å². The molecule has 2 aromatic carbocycles. The molecule has 5 nitrogen and oxygen atoms in total. The number of hydrogen-bond acceptors (Lipinski definition) is 4. The molecule has 138 valence electrons. The number of aryl methyl sites for hydroxylation is 1. The maximum Gasteiger partial charge on any atom is 0.217 e. The van der Waals surface area contributed by atoms with E-state index in [1.807, 2.05) is 31.2 Å². The summed E-state index contributed by atoms with van der Waals surface area (Å²) >= 11 is 6.09. The van der Waals surface area contributed by atoms with Crippen molar-refractivity contribution in [2.24, 2.45) is 5.73 Å². The average molecular weight is 374 g/mol. The first kappa shape index (κ1) is 18.4. The first-order valence-corrected chi connectivity index (χ1v) is 9.17. The van der Waals surface area contributed by atoms with Crippen molar-refractivity contribution in [3.05, 3.63) is 53.1 Å². The number of rotatable bonds is 5. The molecule has 1 aliphatic rings. The lowest BCUT2D eigenvalue weighted by atomic mass is 10.0. The van der Waals surface area contributed by atoms with Crippen LogP contribution in [0.3, 0.4) is 0 Å². The molecule has 1 heterocycles. The zero-order valence-electron chi connectivity index (χ0n) is 14.9. The third kappa shape index (κ3) is 4.05. The number of carbonyl (C=O) groups excluding carboxylic acids is 1. The fourth-order valence-electron chi connectivity index (χ4n) is 3.52. The number of anilines is 2. The maximum absolute atomic E-state index is 11.3. The van der Waals surface area contributed by atoms with E-state index in [1.54, 1.807) is 6.07 Å². The number of hydrogen-bond donors (Lipinski definition) is 2. The highest BCUT2D eigenvalue weighted by molar-refractivity contribution is 6.32. The minimum absolute atomic E-state index is 0.0841. The van der Waals surface area contributed by atoms with E-state index in [0.717, 1.165) is 30.9 Å². The lowest BCUT2D eigenvalue weighted by molar-refractivity contribution is -0.118. The molecular formula is C20H24ClN3O2. The Morgan fingerprint density at radius 3 is 2.62 bits per heavy atom. The standard InChI is InChI=1S/C20H24ClN3O2/c1-14-11-17(12-18(25)20(14)21)24-10-9-23(15-5-3-2-4-6-15)13-16(24)7-8-19(22)26/h2-6,11-12,16,25H,7-10,13H2,1H3,(H2,22,26). The third-order valence-electron chi connectivity index (χ3n) is 4.88. The molecule has 0 radical (unpaired) electrons. The SMILES string of the molecule is Cc1cc(N2CCN(c3ccccc3)CC2CCC(N)=O)cc(O)c1Cl. The molecule has 0 spiro atoms. The molecule has 1 aliphatic heterocycles. The number of aromatic hydroxyl groups is 1. The quantitative estimate of drug-likeness (QED) is 0.843. The summed E-state index contributed by atoms with van der Waals surface area (Å²) in [5.41, 5.74) is 8.31. The minimum Gasteiger partial charge on any atom is -0.506 e. The third-order valence-corrected chi connectivity index (χ3v) is 5.37. The number of para-hydroxylation sites is 1. The fraction of sp³-hybridized carbons (Fsp3) is 0.350. The number of nitrogens with zero attached hydrogens (tertiary/aromatic N) is 2. The zero-order chi connectivity index (χ0) is 18.7. The van der Waals surface area contributed by atoms with E-state index in [0.29, 0.717) is 17.9 Å². The van der Waals surface area contributed by atoms with E-state index in [-0.39, 0.29) is 17.7 Å². The van der Waals surface area contributed by atoms with Crippen molar-refractivity contribution in [1.82, 2.24) is 0 Å². The van der Waals surface area contributed by atoms with Crippen molar-refractivity contribution in [3.63, 3.8) is 0 Å². The number of piperazine rings is 1. The Morgan fingerprint density at radius 1 is 1.23 bits per heavy atom. The molecular weight excluding hydrogens is 350 g/mol. The van der Waals surface area contributed by atoms with Gasteiger partial charge in [-0.25, -0.2) is 0 Å². The zero-order valence-corrected chi connectivity index (χ0v) is 15.6. The number of primary amides is 1. The highest BCUT2D eigenvalue weighted by Gasteiger charge is 2.28. The molecule has 1 saturated heterocycles. The molecule has 0 saturated carbocycles. The Labute approximate surface area is 159 Å². The monoisotopic (exact) mass is 373 g/mol. The van der Waals surface area contributed by atoms with E-state index in [1.165, 1.54) is 5.69 Å². The number of nitrogens with two attached hydrogens (primary N) is 1. The van der Waals surface area contributed by atoms with Gasteiger partial charge in [0.25, 0.3) is 0 Å². The molecule has 0 aliphatic carbocycles. The molecule has 2 aromatic rings. The maximum atomic E-state index is 11.3. The number of phenols is 1. The smallest absolute Gasteiger partial charge is 0.217 e. The minimum atomic E-state index is -0.295. The van der Waals surface area contributed by atoms with Gasteiger partial charge in [0.2, 0.25) is 5.91 Å². The van der Waals surface area contributed by atoms with Crippen molar-refractivity contribution in [3.8, 4) is 5.75 Å². The molecule has 1 atom stereocenters. The number of phenolic OH excluding ortho intramolecular Hbond substituents is 1. The van der Waals surface area contributed by atoms with E-state index in [4.69, 9.17) is 17.3 Å². The Balaban J connectivity index is 1.85. The topological polar surface area (TPSA) is 69.8 Å². The van der Waals surface area contributed by atoms with Gasteiger partial charge in [-0.3, -0.25) is 4.79 Å². The molecule has 1 unspecified atom stereocenters. The van der Waals surface area contributed by atoms with E-state index >= 15 is 0 Å². The van der Waals surface area contributed by atoms with Crippen molar-refractivity contribution in [1.29, 1.82) is 0 Å². The normalized spacial score (nSPS) is 17.4. The molecule has 1 fully saturated rings. The molecule has 1 amide bonds. The van der Waals surface area contributed by atoms with Crippen LogP contribution in [-0.2, 0) is 4.79 Å². The van der Waals surface area contributed by atoms with Crippen LogP contribution in [0, 0.1) is 6.92 Å². The highest BCUT2D eigenvalue weighted by atomic mass is 35.5. The van der Waals surface area contributed by atoms with Gasteiger partial charge in [-0.05, 0) is 37.1 Å². The van der Waals surface area contributed by atoms with Gasteiger partial charge in [0.1, 0.15) is 5.75 Å². The Kier molecular flexibility index (Phi) is 5.57. The first-order chi connectivity index (χ1) is 12.5. The van der Waals surface area contributed by atoms with Crippen LogP contribution in [0.2, 0.25) is 5.02 Å². The Hall–Kier alpha value is -2.40. The summed E-state index contributed by atoms with van der Waals surface area (Å²) in [6, 6.07) is 14.1. The van der Waals surface area contributed by atoms with Gasteiger partial charge in [-0.15, -0.1) is 0 Å². The fourth-order valence-corrected chi connectivity index (χ4v) is 3.63. The van der Waals surface area contributed by atoms with Crippen LogP contribution in [0.5, 0.6) is 5.75 Å². The second-order valence-electron chi connectivity index (χ2n) is 6.73. The highest BCUT2D eigenvalue weighted by Crippen LogP contribution is 2.34. The van der Waals surface area contributed by atoms with Crippen molar-refractivity contribution >= 4 is 28.9 Å². The van der Waals surface area contributed by atoms with Gasteiger partial charge in [0, 0.05) is 49.5 Å². The summed E-state index contributed by atoms with van der Waals surface area (Å²) in [6.45, 7) is 4.32. The summed E-state index contributed by atoms with van der Waals surface area (Å²) in [4.78, 5) is 15.9. The molecule has 3 rings (SSSR count). The summed E-state index contributed by atoms with van der Waals surface area (Å²) in [7, 11) is 0. The van der Waals surface area contributed by atoms with Crippen LogP contribution in [0.1, 0.15) is 18.4 Å². The number of amides is 1. The lowest BCUT2D eigenvalue weighted by Crippen LogP contribution is -2.53. The van der Waals surface area contributed by atoms with E-state index < -0.39 is 0 Å². The van der Waals surface area contributed by atoms with Crippen molar-refractivity contribution in [2.75, 3.05) is 29.4 Å². The average Bonchev–Trinajstić information content (AvgIpc) is 2.64. The summed E-state index contributed by atoms with van der Waals surface area (Å²) in [6.07, 6.45) is 1.00. The van der Waals surface area contributed by atoms with Crippen LogP contribution in [-0.4, -0.2) is 36.7 Å². The van der Waals surface area contributed by atoms with Crippen LogP contribution in [0.4, 0.5) is 11.4 Å². The van der Waals surface area contributed by atoms with Crippen LogP contribution < -0.4 is 15.5 Å². The molecule has 26 heavy (non-hydrogen) atoms. The van der Waals surface area contributed by atoms with E-state index in [2.05, 4.69) is 21.9 Å². The van der Waals surface area contributed by atoms with Crippen molar-refractivity contribution in [2.45, 2.75) is 25.8 Å². The summed E-state index contributed by atoms with van der Waals surface area (Å²) in [5, 5.41) is 10.5. The molecule has 6 heteroatoms. The second kappa shape index (κ2) is 7.87. The second-order valence-corrected chi connectivity index (χ2v) is 7.11. The largest absolute Gasteiger partial charge is 0.506 e. The number of benzene rings is 2. The van der Waals surface area contributed by atoms with Gasteiger partial charge < -0.3 is 20.6 Å². The predicted molar refractivity (Wildman–Crippen MR) is 106 cm³/mol. The number of carbonyl (C=O) groups is 1. The Morgan fingerprint density at radius 2 is 1.96 bits per heavy atom. The van der Waals surface area contributed by atoms with Crippen LogP contribution in [0.15, 0.2) is 42.5 Å². The molecule has 0 aromatic heterocycles. The summed E-state index contributed by atoms with van der Waals surface area (Å²) in [5.74, 6) is -0.210. The van der Waals surface area contributed by atoms with Gasteiger partial charge in [0.15, 0.2) is 0 Å². The lowest BCUT2D eigenvalue weighted by Gasteiger charge is -2.44. The number of halogens is 1. The predicted octanol–water partition coefficient (Wildman–Crippen LogP) is 3.31. The van der Waals surface area contributed by atoms with Gasteiger partial charge >= 0.3 is 0 Å². The molecule has 0 bridgehead atoms. The molecule has 3 N–H and O–H groups in total. The summed E-state index contributed by atoms with van der Waals surface area (Å²) < 4.78 is 0. The van der Waals surface area contributed by atoms with Gasteiger partial charge in [-0.2, -0.15) is 0 Å². The van der Waals surface area contributed by atoms with Gasteiger partial charge in [0.05, 0.1) is 5.02 Å². The van der Waals surface area contributed by atoms with Crippen LogP contribution in [0.25, 0.3) is 0 Å². The Bertz CT molecular complexity index is 759. The van der Waals surface area contributed by atoms with Gasteiger partial charge in [-0.1, -0.05) is 29.8 Å². The van der Waals surface area contributed by atoms with Crippen LogP contribution >= 0.6 is 11.6 Å². The van der Waals surface area contributed by atoms with Crippen molar-refractivity contribution < 1.29 is 9.90 Å². The first-order valence-electron chi connectivity index (χ1n) is 8.79.